The van der Waals surface area contributed by atoms with Gasteiger partial charge in [0, 0.05) is 20.1 Å². The lowest BCUT2D eigenvalue weighted by atomic mass is 9.93. The number of ether oxygens (including phenoxy) is 2. The molecule has 1 aromatic carbocycles. The zero-order valence-corrected chi connectivity index (χ0v) is 15.3. The Morgan fingerprint density at radius 3 is 2.32 bits per heavy atom. The second-order valence-electron chi connectivity index (χ2n) is 6.80. The van der Waals surface area contributed by atoms with Gasteiger partial charge in [-0.05, 0) is 26.3 Å². The molecule has 0 radical (unpaired) electrons. The van der Waals surface area contributed by atoms with E-state index in [0.717, 1.165) is 5.56 Å². The van der Waals surface area contributed by atoms with Crippen molar-refractivity contribution in [1.82, 2.24) is 10.6 Å². The van der Waals surface area contributed by atoms with Crippen LogP contribution in [0.15, 0.2) is 30.3 Å². The van der Waals surface area contributed by atoms with Crippen LogP contribution in [0.2, 0.25) is 0 Å². The molecule has 0 fully saturated rings. The molecular weight excluding hydrogens is 324 g/mol. The van der Waals surface area contributed by atoms with Crippen molar-refractivity contribution in [3.8, 4) is 0 Å². The molecule has 0 aliphatic heterocycles. The SMILES string of the molecule is COCCNC(=O)[C@](O)(CNC(=O)OC(C)(C)C)Cc1ccccc1. The molecule has 7 nitrogen and oxygen atoms in total. The maximum atomic E-state index is 12.4. The Kier molecular flexibility index (Phi) is 7.86. The summed E-state index contributed by atoms with van der Waals surface area (Å²) < 4.78 is 10.0. The quantitative estimate of drug-likeness (QED) is 0.612. The molecule has 1 aromatic rings. The summed E-state index contributed by atoms with van der Waals surface area (Å²) in [6.45, 7) is 5.53. The van der Waals surface area contributed by atoms with Crippen LogP contribution in [0, 0.1) is 0 Å². The van der Waals surface area contributed by atoms with Crippen LogP contribution in [0.4, 0.5) is 4.79 Å². The number of amides is 2. The Bertz CT molecular complexity index is 556. The third-order valence-electron chi connectivity index (χ3n) is 3.28. The van der Waals surface area contributed by atoms with Crippen molar-refractivity contribution in [3.63, 3.8) is 0 Å². The van der Waals surface area contributed by atoms with Gasteiger partial charge < -0.3 is 25.2 Å². The summed E-state index contributed by atoms with van der Waals surface area (Å²) in [5.41, 5.74) is -1.69. The first-order valence-electron chi connectivity index (χ1n) is 8.17. The smallest absolute Gasteiger partial charge is 0.407 e. The molecule has 0 aromatic heterocycles. The number of benzene rings is 1. The molecule has 0 saturated carbocycles. The molecule has 0 heterocycles. The van der Waals surface area contributed by atoms with Gasteiger partial charge in [-0.2, -0.15) is 0 Å². The van der Waals surface area contributed by atoms with E-state index < -0.39 is 23.2 Å². The van der Waals surface area contributed by atoms with Gasteiger partial charge in [-0.3, -0.25) is 4.79 Å². The van der Waals surface area contributed by atoms with Crippen LogP contribution in [0.3, 0.4) is 0 Å². The third-order valence-corrected chi connectivity index (χ3v) is 3.28. The van der Waals surface area contributed by atoms with Crippen molar-refractivity contribution >= 4 is 12.0 Å². The lowest BCUT2D eigenvalue weighted by Gasteiger charge is -2.28. The minimum Gasteiger partial charge on any atom is -0.444 e. The van der Waals surface area contributed by atoms with Crippen LogP contribution in [0.25, 0.3) is 0 Å². The summed E-state index contributed by atoms with van der Waals surface area (Å²) in [4.78, 5) is 24.3. The lowest BCUT2D eigenvalue weighted by Crippen LogP contribution is -2.56. The number of carbonyl (C=O) groups is 2. The first-order valence-corrected chi connectivity index (χ1v) is 8.17. The van der Waals surface area contributed by atoms with E-state index in [9.17, 15) is 14.7 Å². The summed E-state index contributed by atoms with van der Waals surface area (Å²) in [7, 11) is 1.52. The fourth-order valence-electron chi connectivity index (χ4n) is 2.12. The van der Waals surface area contributed by atoms with Gasteiger partial charge in [-0.25, -0.2) is 4.79 Å². The van der Waals surface area contributed by atoms with E-state index in [1.807, 2.05) is 18.2 Å². The van der Waals surface area contributed by atoms with Crippen LogP contribution in [-0.2, 0) is 20.7 Å². The molecule has 0 aliphatic carbocycles. The van der Waals surface area contributed by atoms with E-state index in [0.29, 0.717) is 6.61 Å². The van der Waals surface area contributed by atoms with Gasteiger partial charge in [0.1, 0.15) is 5.60 Å². The van der Waals surface area contributed by atoms with E-state index in [1.54, 1.807) is 32.9 Å². The van der Waals surface area contributed by atoms with Crippen molar-refractivity contribution in [2.75, 3.05) is 26.8 Å². The summed E-state index contributed by atoms with van der Waals surface area (Å²) in [5.74, 6) is -0.579. The van der Waals surface area contributed by atoms with Crippen LogP contribution < -0.4 is 10.6 Å². The Morgan fingerprint density at radius 1 is 1.12 bits per heavy atom. The Labute approximate surface area is 148 Å². The Balaban J connectivity index is 2.79. The van der Waals surface area contributed by atoms with E-state index in [1.165, 1.54) is 7.11 Å². The van der Waals surface area contributed by atoms with Gasteiger partial charge in [-0.1, -0.05) is 30.3 Å². The number of aliphatic hydroxyl groups is 1. The number of alkyl carbamates (subject to hydrolysis) is 1. The molecule has 3 N–H and O–H groups in total. The molecule has 7 heteroatoms. The van der Waals surface area contributed by atoms with Crippen molar-refractivity contribution in [3.05, 3.63) is 35.9 Å². The van der Waals surface area contributed by atoms with Crippen molar-refractivity contribution < 1.29 is 24.2 Å². The van der Waals surface area contributed by atoms with Gasteiger partial charge in [0.15, 0.2) is 5.60 Å². The summed E-state index contributed by atoms with van der Waals surface area (Å²) in [6, 6.07) is 9.10. The second kappa shape index (κ2) is 9.39. The first-order chi connectivity index (χ1) is 11.7. The maximum Gasteiger partial charge on any atom is 0.407 e. The molecule has 0 spiro atoms. The van der Waals surface area contributed by atoms with Crippen molar-refractivity contribution in [1.29, 1.82) is 0 Å². The van der Waals surface area contributed by atoms with E-state index in [2.05, 4.69) is 10.6 Å². The highest BCUT2D eigenvalue weighted by Crippen LogP contribution is 2.14. The molecule has 2 amide bonds. The summed E-state index contributed by atoms with van der Waals surface area (Å²) in [5, 5.41) is 15.9. The highest BCUT2D eigenvalue weighted by Gasteiger charge is 2.37. The highest BCUT2D eigenvalue weighted by atomic mass is 16.6. The number of hydrogen-bond acceptors (Lipinski definition) is 5. The molecule has 0 aliphatic rings. The monoisotopic (exact) mass is 352 g/mol. The van der Waals surface area contributed by atoms with Crippen molar-refractivity contribution in [2.24, 2.45) is 0 Å². The normalized spacial score (nSPS) is 13.6. The van der Waals surface area contributed by atoms with Gasteiger partial charge in [-0.15, -0.1) is 0 Å². The van der Waals surface area contributed by atoms with E-state index >= 15 is 0 Å². The average molecular weight is 352 g/mol. The molecule has 1 atom stereocenters. The van der Waals surface area contributed by atoms with E-state index in [4.69, 9.17) is 9.47 Å². The average Bonchev–Trinajstić information content (AvgIpc) is 2.52. The predicted octanol–water partition coefficient (Wildman–Crippen LogP) is 1.25. The molecular formula is C18H28N2O5. The van der Waals surface area contributed by atoms with Crippen LogP contribution in [-0.4, -0.2) is 55.1 Å². The lowest BCUT2D eigenvalue weighted by molar-refractivity contribution is -0.139. The third kappa shape index (κ3) is 8.00. The molecule has 25 heavy (non-hydrogen) atoms. The van der Waals surface area contributed by atoms with E-state index in [-0.39, 0.29) is 19.5 Å². The second-order valence-corrected chi connectivity index (χ2v) is 6.80. The fraction of sp³-hybridized carbons (Fsp3) is 0.556. The summed E-state index contributed by atoms with van der Waals surface area (Å²) in [6.07, 6.45) is -0.633. The topological polar surface area (TPSA) is 96.9 Å². The summed E-state index contributed by atoms with van der Waals surface area (Å²) >= 11 is 0. The van der Waals surface area contributed by atoms with Crippen molar-refractivity contribution in [2.45, 2.75) is 38.4 Å². The van der Waals surface area contributed by atoms with Crippen LogP contribution in [0.5, 0.6) is 0 Å². The minimum atomic E-state index is -1.80. The molecule has 0 unspecified atom stereocenters. The molecule has 1 rings (SSSR count). The standard InChI is InChI=1S/C18H28N2O5/c1-17(2,3)25-16(22)20-13-18(23,15(21)19-10-11-24-4)12-14-8-6-5-7-9-14/h5-9,23H,10-13H2,1-4H3,(H,19,21)(H,20,22)/t18-/m1/s1. The van der Waals surface area contributed by atoms with Crippen LogP contribution >= 0.6 is 0 Å². The maximum absolute atomic E-state index is 12.4. The number of methoxy groups -OCH3 is 1. The van der Waals surface area contributed by atoms with Gasteiger partial charge in [0.2, 0.25) is 0 Å². The Hall–Kier alpha value is -2.12. The van der Waals surface area contributed by atoms with Gasteiger partial charge >= 0.3 is 6.09 Å². The predicted molar refractivity (Wildman–Crippen MR) is 94.2 cm³/mol. The molecule has 140 valence electrons. The largest absolute Gasteiger partial charge is 0.444 e. The Morgan fingerprint density at radius 2 is 1.76 bits per heavy atom. The highest BCUT2D eigenvalue weighted by molar-refractivity contribution is 5.86. The number of nitrogens with one attached hydrogen (secondary N) is 2. The zero-order chi connectivity index (χ0) is 18.9. The number of carbonyl (C=O) groups excluding carboxylic acids is 2. The van der Waals surface area contributed by atoms with Gasteiger partial charge in [0.05, 0.1) is 13.2 Å². The number of rotatable bonds is 8. The number of hydrogen-bond donors (Lipinski definition) is 3. The zero-order valence-electron chi connectivity index (χ0n) is 15.3. The minimum absolute atomic E-state index is 0.0580. The fourth-order valence-corrected chi connectivity index (χ4v) is 2.12. The molecule has 0 saturated heterocycles. The molecule has 0 bridgehead atoms. The first kappa shape index (κ1) is 20.9. The van der Waals surface area contributed by atoms with Crippen LogP contribution in [0.1, 0.15) is 26.3 Å². The van der Waals surface area contributed by atoms with Gasteiger partial charge in [0.25, 0.3) is 5.91 Å².